The first kappa shape index (κ1) is 4.30. The molecule has 0 saturated heterocycles. The maximum absolute atomic E-state index is 11.8. The number of hydrogen-bond acceptors (Lipinski definition) is 2. The van der Waals surface area contributed by atoms with Crippen LogP contribution in [0.1, 0.15) is 0 Å². The number of halogens is 1. The van der Waals surface area contributed by atoms with Crippen molar-refractivity contribution in [2.45, 2.75) is 0 Å². The van der Waals surface area contributed by atoms with Crippen molar-refractivity contribution in [1.82, 2.24) is 5.32 Å². The summed E-state index contributed by atoms with van der Waals surface area (Å²) < 4.78 is 11.8. The Morgan fingerprint density at radius 2 is 2.71 bits per heavy atom. The second-order valence-corrected chi connectivity index (χ2v) is 1.20. The van der Waals surface area contributed by atoms with E-state index in [1.807, 2.05) is 0 Å². The van der Waals surface area contributed by atoms with Gasteiger partial charge in [-0.3, -0.25) is 4.99 Å². The van der Waals surface area contributed by atoms with Crippen LogP contribution >= 0.6 is 0 Å². The highest BCUT2D eigenvalue weighted by molar-refractivity contribution is 5.75. The second-order valence-electron chi connectivity index (χ2n) is 1.20. The van der Waals surface area contributed by atoms with Gasteiger partial charge >= 0.3 is 0 Å². The maximum atomic E-state index is 11.8. The molecule has 0 atom stereocenters. The molecule has 0 amide bonds. The minimum atomic E-state index is -0.314. The van der Waals surface area contributed by atoms with Gasteiger partial charge in [0.1, 0.15) is 6.67 Å². The van der Waals surface area contributed by atoms with Gasteiger partial charge in [-0.05, 0) is 0 Å². The third kappa shape index (κ3) is 0.994. The molecular formula is C4H5FN2. The third-order valence-electron chi connectivity index (χ3n) is 0.637. The summed E-state index contributed by atoms with van der Waals surface area (Å²) in [6.45, 7) is 0.493. The van der Waals surface area contributed by atoms with Gasteiger partial charge in [0.2, 0.25) is 0 Å². The zero-order valence-corrected chi connectivity index (χ0v) is 3.69. The van der Waals surface area contributed by atoms with Crippen LogP contribution in [0, 0.1) is 0 Å². The Morgan fingerprint density at radius 3 is 3.00 bits per heavy atom. The van der Waals surface area contributed by atoms with Crippen LogP contribution in [0.2, 0.25) is 0 Å². The van der Waals surface area contributed by atoms with Crippen LogP contribution in [-0.4, -0.2) is 12.9 Å². The normalized spacial score (nSPS) is 18.1. The second kappa shape index (κ2) is 1.73. The van der Waals surface area contributed by atoms with Crippen LogP contribution < -0.4 is 5.32 Å². The van der Waals surface area contributed by atoms with E-state index >= 15 is 0 Å². The van der Waals surface area contributed by atoms with E-state index in [-0.39, 0.29) is 5.83 Å². The molecule has 2 nitrogen and oxygen atoms in total. The standard InChI is InChI=1S/C4H5FN2/c5-4-1-6-3-7-2-4/h1-2,6H,3H2. The van der Waals surface area contributed by atoms with Crippen molar-refractivity contribution in [3.05, 3.63) is 12.0 Å². The van der Waals surface area contributed by atoms with Crippen molar-refractivity contribution < 1.29 is 4.39 Å². The van der Waals surface area contributed by atoms with Crippen molar-refractivity contribution in [3.63, 3.8) is 0 Å². The van der Waals surface area contributed by atoms with Gasteiger partial charge in [-0.1, -0.05) is 0 Å². The summed E-state index contributed by atoms with van der Waals surface area (Å²) in [6.07, 6.45) is 2.48. The Hall–Kier alpha value is -0.860. The molecule has 38 valence electrons. The largest absolute Gasteiger partial charge is 0.370 e. The lowest BCUT2D eigenvalue weighted by molar-refractivity contribution is 0.659. The Balaban J connectivity index is 2.58. The molecule has 0 aromatic rings. The molecule has 0 unspecified atom stereocenters. The monoisotopic (exact) mass is 100 g/mol. The van der Waals surface area contributed by atoms with E-state index in [9.17, 15) is 4.39 Å². The Morgan fingerprint density at radius 1 is 1.86 bits per heavy atom. The van der Waals surface area contributed by atoms with Crippen molar-refractivity contribution >= 4 is 6.21 Å². The molecule has 1 heterocycles. The molecule has 7 heavy (non-hydrogen) atoms. The van der Waals surface area contributed by atoms with Crippen LogP contribution in [0.4, 0.5) is 4.39 Å². The van der Waals surface area contributed by atoms with Gasteiger partial charge in [0.05, 0.1) is 6.21 Å². The molecule has 1 N–H and O–H groups in total. The zero-order chi connectivity index (χ0) is 5.11. The van der Waals surface area contributed by atoms with Crippen molar-refractivity contribution in [1.29, 1.82) is 0 Å². The van der Waals surface area contributed by atoms with Gasteiger partial charge in [-0.15, -0.1) is 0 Å². The minimum Gasteiger partial charge on any atom is -0.370 e. The molecule has 0 fully saturated rings. The SMILES string of the molecule is FC1=CNCN=C1. The van der Waals surface area contributed by atoms with E-state index in [1.54, 1.807) is 0 Å². The highest BCUT2D eigenvalue weighted by atomic mass is 19.1. The fraction of sp³-hybridized carbons (Fsp3) is 0.250. The summed E-state index contributed by atoms with van der Waals surface area (Å²) in [5, 5.41) is 2.60. The van der Waals surface area contributed by atoms with Crippen molar-refractivity contribution in [3.8, 4) is 0 Å². The quantitative estimate of drug-likeness (QED) is 0.469. The van der Waals surface area contributed by atoms with E-state index in [0.29, 0.717) is 6.67 Å². The molecule has 1 aliphatic heterocycles. The fourth-order valence-electron chi connectivity index (χ4n) is 0.366. The van der Waals surface area contributed by atoms with Gasteiger partial charge < -0.3 is 5.32 Å². The van der Waals surface area contributed by atoms with E-state index in [1.165, 1.54) is 12.4 Å². The zero-order valence-electron chi connectivity index (χ0n) is 3.69. The minimum absolute atomic E-state index is 0.314. The smallest absolute Gasteiger partial charge is 0.156 e. The van der Waals surface area contributed by atoms with Gasteiger partial charge in [0.15, 0.2) is 5.83 Å². The van der Waals surface area contributed by atoms with E-state index in [4.69, 9.17) is 0 Å². The van der Waals surface area contributed by atoms with Crippen LogP contribution in [-0.2, 0) is 0 Å². The summed E-state index contributed by atoms with van der Waals surface area (Å²) in [6, 6.07) is 0. The van der Waals surface area contributed by atoms with Crippen molar-refractivity contribution in [2.75, 3.05) is 6.67 Å². The van der Waals surface area contributed by atoms with Crippen LogP contribution in [0.5, 0.6) is 0 Å². The third-order valence-corrected chi connectivity index (χ3v) is 0.637. The molecule has 3 heteroatoms. The van der Waals surface area contributed by atoms with Crippen LogP contribution in [0.3, 0.4) is 0 Å². The Kier molecular flexibility index (Phi) is 1.06. The molecule has 0 radical (unpaired) electrons. The molecule has 1 aliphatic rings. The molecule has 0 aliphatic carbocycles. The number of rotatable bonds is 0. The lowest BCUT2D eigenvalue weighted by Crippen LogP contribution is -2.09. The fourth-order valence-corrected chi connectivity index (χ4v) is 0.366. The first-order valence-corrected chi connectivity index (χ1v) is 1.98. The van der Waals surface area contributed by atoms with Crippen molar-refractivity contribution in [2.24, 2.45) is 4.99 Å². The van der Waals surface area contributed by atoms with Crippen LogP contribution in [0.15, 0.2) is 17.0 Å². The Labute approximate surface area is 40.7 Å². The predicted octanol–water partition coefficient (Wildman–Crippen LogP) is 0.429. The molecule has 0 spiro atoms. The average molecular weight is 100 g/mol. The lowest BCUT2D eigenvalue weighted by Gasteiger charge is -1.97. The van der Waals surface area contributed by atoms with Gasteiger partial charge in [-0.25, -0.2) is 4.39 Å². The molecule has 0 bridgehead atoms. The average Bonchev–Trinajstić information content (AvgIpc) is 1.69. The maximum Gasteiger partial charge on any atom is 0.156 e. The van der Waals surface area contributed by atoms with E-state index in [0.717, 1.165) is 0 Å². The van der Waals surface area contributed by atoms with Gasteiger partial charge in [-0.2, -0.15) is 0 Å². The molecule has 0 aromatic carbocycles. The summed E-state index contributed by atoms with van der Waals surface area (Å²) in [4.78, 5) is 3.58. The lowest BCUT2D eigenvalue weighted by atomic mass is 10.6. The molecule has 0 saturated carbocycles. The van der Waals surface area contributed by atoms with E-state index < -0.39 is 0 Å². The molecular weight excluding hydrogens is 95.1 g/mol. The van der Waals surface area contributed by atoms with Gasteiger partial charge in [0, 0.05) is 6.20 Å². The number of aliphatic imine (C=N–C) groups is 1. The highest BCUT2D eigenvalue weighted by Crippen LogP contribution is 1.91. The highest BCUT2D eigenvalue weighted by Gasteiger charge is 1.89. The topological polar surface area (TPSA) is 24.4 Å². The number of hydrogen-bond donors (Lipinski definition) is 1. The number of allylic oxidation sites excluding steroid dienone is 1. The number of nitrogens with one attached hydrogen (secondary N) is 1. The van der Waals surface area contributed by atoms with Gasteiger partial charge in [0.25, 0.3) is 0 Å². The summed E-state index contributed by atoms with van der Waals surface area (Å²) in [5.74, 6) is -0.314. The first-order valence-electron chi connectivity index (χ1n) is 1.98. The van der Waals surface area contributed by atoms with Crippen LogP contribution in [0.25, 0.3) is 0 Å². The molecule has 0 aromatic heterocycles. The van der Waals surface area contributed by atoms with E-state index in [2.05, 4.69) is 10.3 Å². The molecule has 1 rings (SSSR count). The number of nitrogens with zero attached hydrogens (tertiary/aromatic N) is 1. The first-order chi connectivity index (χ1) is 3.39. The summed E-state index contributed by atoms with van der Waals surface area (Å²) in [5.41, 5.74) is 0. The Bertz CT molecular complexity index is 117. The summed E-state index contributed by atoms with van der Waals surface area (Å²) >= 11 is 0. The summed E-state index contributed by atoms with van der Waals surface area (Å²) in [7, 11) is 0. The predicted molar refractivity (Wildman–Crippen MR) is 25.7 cm³/mol.